The molecule has 0 radical (unpaired) electrons. The summed E-state index contributed by atoms with van der Waals surface area (Å²) in [5, 5.41) is 6.21. The van der Waals surface area contributed by atoms with Crippen LogP contribution in [0.2, 0.25) is 0 Å². The van der Waals surface area contributed by atoms with E-state index in [1.54, 1.807) is 0 Å². The van der Waals surface area contributed by atoms with Crippen LogP contribution >= 0.6 is 0 Å². The minimum absolute atomic E-state index is 0.0178. The summed E-state index contributed by atoms with van der Waals surface area (Å²) in [6, 6.07) is 8.07. The predicted octanol–water partition coefficient (Wildman–Crippen LogP) is 0.166. The Morgan fingerprint density at radius 1 is 1.47 bits per heavy atom. The van der Waals surface area contributed by atoms with Gasteiger partial charge in [0.2, 0.25) is 5.91 Å². The molecule has 5 nitrogen and oxygen atoms in total. The molecule has 2 rings (SSSR count). The SMILES string of the molecule is Cc1ccc(NC(=O)CN2CCNCC2CN)cc1. The number of hydrogen-bond acceptors (Lipinski definition) is 4. The lowest BCUT2D eigenvalue weighted by Crippen LogP contribution is -2.56. The highest BCUT2D eigenvalue weighted by Gasteiger charge is 2.22. The van der Waals surface area contributed by atoms with Gasteiger partial charge < -0.3 is 16.4 Å². The van der Waals surface area contributed by atoms with E-state index >= 15 is 0 Å². The van der Waals surface area contributed by atoms with Gasteiger partial charge in [-0.2, -0.15) is 0 Å². The average Bonchev–Trinajstić information content (AvgIpc) is 2.42. The number of rotatable bonds is 4. The molecule has 1 unspecified atom stereocenters. The molecule has 104 valence electrons. The minimum Gasteiger partial charge on any atom is -0.329 e. The smallest absolute Gasteiger partial charge is 0.238 e. The first-order valence-electron chi connectivity index (χ1n) is 6.70. The zero-order valence-corrected chi connectivity index (χ0v) is 11.4. The first kappa shape index (κ1) is 14.0. The predicted molar refractivity (Wildman–Crippen MR) is 77.1 cm³/mol. The van der Waals surface area contributed by atoms with E-state index in [1.165, 1.54) is 5.56 Å². The quantitative estimate of drug-likeness (QED) is 0.723. The maximum atomic E-state index is 12.0. The van der Waals surface area contributed by atoms with E-state index in [4.69, 9.17) is 5.73 Å². The Bertz CT molecular complexity index is 418. The number of nitrogens with one attached hydrogen (secondary N) is 2. The van der Waals surface area contributed by atoms with E-state index in [-0.39, 0.29) is 11.9 Å². The molecule has 4 N–H and O–H groups in total. The third kappa shape index (κ3) is 4.02. The van der Waals surface area contributed by atoms with Crippen molar-refractivity contribution in [3.8, 4) is 0 Å². The number of aryl methyl sites for hydroxylation is 1. The average molecular weight is 262 g/mol. The van der Waals surface area contributed by atoms with E-state index < -0.39 is 0 Å². The number of nitrogens with two attached hydrogens (primary N) is 1. The van der Waals surface area contributed by atoms with E-state index in [0.717, 1.165) is 25.3 Å². The summed E-state index contributed by atoms with van der Waals surface area (Å²) in [7, 11) is 0. The van der Waals surface area contributed by atoms with Crippen molar-refractivity contribution in [2.45, 2.75) is 13.0 Å². The van der Waals surface area contributed by atoms with Crippen molar-refractivity contribution in [2.24, 2.45) is 5.73 Å². The second-order valence-electron chi connectivity index (χ2n) is 4.98. The number of carbonyl (C=O) groups excluding carboxylic acids is 1. The third-order valence-corrected chi connectivity index (χ3v) is 3.43. The molecule has 1 saturated heterocycles. The highest BCUT2D eigenvalue weighted by atomic mass is 16.2. The molecule has 0 bridgehead atoms. The van der Waals surface area contributed by atoms with Crippen LogP contribution in [0.25, 0.3) is 0 Å². The Labute approximate surface area is 114 Å². The minimum atomic E-state index is 0.0178. The lowest BCUT2D eigenvalue weighted by molar-refractivity contribution is -0.118. The molecule has 1 heterocycles. The number of anilines is 1. The van der Waals surface area contributed by atoms with Crippen LogP contribution < -0.4 is 16.4 Å². The van der Waals surface area contributed by atoms with Crippen LogP contribution in [0.5, 0.6) is 0 Å². The zero-order valence-electron chi connectivity index (χ0n) is 11.4. The first-order valence-corrected chi connectivity index (χ1v) is 6.70. The van der Waals surface area contributed by atoms with Crippen molar-refractivity contribution in [3.63, 3.8) is 0 Å². The molecule has 1 aromatic rings. The molecule has 1 aromatic carbocycles. The monoisotopic (exact) mass is 262 g/mol. The molecule has 1 fully saturated rings. The summed E-state index contributed by atoms with van der Waals surface area (Å²) in [6.07, 6.45) is 0. The highest BCUT2D eigenvalue weighted by Crippen LogP contribution is 2.09. The van der Waals surface area contributed by atoms with Gasteiger partial charge in [-0.15, -0.1) is 0 Å². The highest BCUT2D eigenvalue weighted by molar-refractivity contribution is 5.92. The molecular weight excluding hydrogens is 240 g/mol. The largest absolute Gasteiger partial charge is 0.329 e. The van der Waals surface area contributed by atoms with Gasteiger partial charge in [-0.25, -0.2) is 0 Å². The van der Waals surface area contributed by atoms with Crippen molar-refractivity contribution in [2.75, 3.05) is 38.0 Å². The van der Waals surface area contributed by atoms with Gasteiger partial charge >= 0.3 is 0 Å². The molecule has 19 heavy (non-hydrogen) atoms. The van der Waals surface area contributed by atoms with Gasteiger partial charge in [0.15, 0.2) is 0 Å². The summed E-state index contributed by atoms with van der Waals surface area (Å²) in [6.45, 7) is 5.63. The van der Waals surface area contributed by atoms with Crippen molar-refractivity contribution < 1.29 is 4.79 Å². The fourth-order valence-corrected chi connectivity index (χ4v) is 2.27. The van der Waals surface area contributed by atoms with Crippen LogP contribution in [0.15, 0.2) is 24.3 Å². The number of hydrogen-bond donors (Lipinski definition) is 3. The van der Waals surface area contributed by atoms with Crippen molar-refractivity contribution in [1.82, 2.24) is 10.2 Å². The van der Waals surface area contributed by atoms with Crippen molar-refractivity contribution in [1.29, 1.82) is 0 Å². The summed E-state index contributed by atoms with van der Waals surface area (Å²) >= 11 is 0. The molecule has 0 aliphatic carbocycles. The Balaban J connectivity index is 1.88. The Hall–Kier alpha value is -1.43. The van der Waals surface area contributed by atoms with Crippen LogP contribution in [0, 0.1) is 6.92 Å². The molecule has 1 amide bonds. The molecule has 5 heteroatoms. The first-order chi connectivity index (χ1) is 9.19. The van der Waals surface area contributed by atoms with Crippen LogP contribution in [0.1, 0.15) is 5.56 Å². The van der Waals surface area contributed by atoms with Crippen LogP contribution in [0.4, 0.5) is 5.69 Å². The third-order valence-electron chi connectivity index (χ3n) is 3.43. The second kappa shape index (κ2) is 6.65. The Morgan fingerprint density at radius 2 is 2.21 bits per heavy atom. The normalized spacial score (nSPS) is 20.2. The summed E-state index contributed by atoms with van der Waals surface area (Å²) in [5.41, 5.74) is 7.75. The summed E-state index contributed by atoms with van der Waals surface area (Å²) < 4.78 is 0. The van der Waals surface area contributed by atoms with E-state index in [9.17, 15) is 4.79 Å². The number of carbonyl (C=O) groups is 1. The standard InChI is InChI=1S/C14H22N4O/c1-11-2-4-12(5-3-11)17-14(19)10-18-7-6-16-9-13(18)8-15/h2-5,13,16H,6-10,15H2,1H3,(H,17,19). The summed E-state index contributed by atoms with van der Waals surface area (Å²) in [4.78, 5) is 14.2. The second-order valence-corrected chi connectivity index (χ2v) is 4.98. The van der Waals surface area contributed by atoms with Crippen molar-refractivity contribution in [3.05, 3.63) is 29.8 Å². The molecule has 1 aliphatic rings. The molecule has 1 aliphatic heterocycles. The number of piperazine rings is 1. The maximum absolute atomic E-state index is 12.0. The van der Waals surface area contributed by atoms with Gasteiger partial charge in [-0.05, 0) is 19.1 Å². The van der Waals surface area contributed by atoms with Crippen LogP contribution in [0.3, 0.4) is 0 Å². The fourth-order valence-electron chi connectivity index (χ4n) is 2.27. The lowest BCUT2D eigenvalue weighted by atomic mass is 10.2. The van der Waals surface area contributed by atoms with Gasteiger partial charge in [-0.1, -0.05) is 17.7 Å². The van der Waals surface area contributed by atoms with Crippen LogP contribution in [-0.4, -0.2) is 49.6 Å². The molecule has 0 spiro atoms. The molecule has 0 saturated carbocycles. The molecule has 0 aromatic heterocycles. The maximum Gasteiger partial charge on any atom is 0.238 e. The molecular formula is C14H22N4O. The zero-order chi connectivity index (χ0) is 13.7. The van der Waals surface area contributed by atoms with Gasteiger partial charge in [0.05, 0.1) is 6.54 Å². The van der Waals surface area contributed by atoms with Crippen LogP contribution in [-0.2, 0) is 4.79 Å². The van der Waals surface area contributed by atoms with Gasteiger partial charge in [0, 0.05) is 37.9 Å². The summed E-state index contributed by atoms with van der Waals surface area (Å²) in [5.74, 6) is 0.0178. The lowest BCUT2D eigenvalue weighted by Gasteiger charge is -2.34. The van der Waals surface area contributed by atoms with E-state index in [0.29, 0.717) is 13.1 Å². The van der Waals surface area contributed by atoms with E-state index in [2.05, 4.69) is 15.5 Å². The van der Waals surface area contributed by atoms with Gasteiger partial charge in [0.1, 0.15) is 0 Å². The van der Waals surface area contributed by atoms with Crippen molar-refractivity contribution >= 4 is 11.6 Å². The molecule has 1 atom stereocenters. The Morgan fingerprint density at radius 3 is 2.89 bits per heavy atom. The Kier molecular flexibility index (Phi) is 4.90. The number of amides is 1. The van der Waals surface area contributed by atoms with E-state index in [1.807, 2.05) is 31.2 Å². The number of nitrogens with zero attached hydrogens (tertiary/aromatic N) is 1. The number of benzene rings is 1. The van der Waals surface area contributed by atoms with Gasteiger partial charge in [0.25, 0.3) is 0 Å². The fraction of sp³-hybridized carbons (Fsp3) is 0.500. The van der Waals surface area contributed by atoms with Gasteiger partial charge in [-0.3, -0.25) is 9.69 Å². The topological polar surface area (TPSA) is 70.4 Å².